The lowest BCUT2D eigenvalue weighted by Gasteiger charge is -2.26. The van der Waals surface area contributed by atoms with Gasteiger partial charge < -0.3 is 31.4 Å². The number of thiazole rings is 1. The van der Waals surface area contributed by atoms with Crippen LogP contribution in [-0.2, 0) is 21.3 Å². The summed E-state index contributed by atoms with van der Waals surface area (Å²) in [4.78, 5) is 17.3. The molecule has 1 N–H and O–H groups in total. The molecule has 0 radical (unpaired) electrons. The van der Waals surface area contributed by atoms with Crippen molar-refractivity contribution in [3.8, 4) is 11.3 Å². The topological polar surface area (TPSA) is 101 Å². The van der Waals surface area contributed by atoms with Crippen molar-refractivity contribution in [3.63, 3.8) is 0 Å². The molecule has 3 aromatic rings. The van der Waals surface area contributed by atoms with Gasteiger partial charge in [-0.2, -0.15) is 4.31 Å². The van der Waals surface area contributed by atoms with Crippen LogP contribution in [0.3, 0.4) is 0 Å². The summed E-state index contributed by atoms with van der Waals surface area (Å²) in [5, 5.41) is 11.5. The molecule has 0 atom stereocenters. The number of ether oxygens (including phenoxy) is 1. The number of nitrogens with zero attached hydrogens (tertiary/aromatic N) is 3. The van der Waals surface area contributed by atoms with Gasteiger partial charge in [0.15, 0.2) is 10.6 Å². The second kappa shape index (κ2) is 11.5. The first-order chi connectivity index (χ1) is 15.9. The highest BCUT2D eigenvalue weighted by Crippen LogP contribution is 2.25. The van der Waals surface area contributed by atoms with E-state index in [1.165, 1.54) is 22.6 Å². The Morgan fingerprint density at radius 1 is 1.15 bits per heavy atom. The molecule has 11 heteroatoms. The smallest absolute Gasteiger partial charge is 0.243 e. The molecule has 2 heterocycles. The monoisotopic (exact) mass is 566 g/mol. The Kier molecular flexibility index (Phi) is 8.96. The highest BCUT2D eigenvalue weighted by Gasteiger charge is 2.26. The second-order valence-corrected chi connectivity index (χ2v) is 10.3. The molecule has 0 unspecified atom stereocenters. The number of aromatic nitrogens is 1. The van der Waals surface area contributed by atoms with Gasteiger partial charge >= 0.3 is 0 Å². The third-order valence-electron chi connectivity index (χ3n) is 5.36. The molecule has 0 aliphatic carbocycles. The van der Waals surface area contributed by atoms with E-state index >= 15 is 0 Å². The zero-order valence-electron chi connectivity index (χ0n) is 18.6. The normalized spacial score (nSPS) is 15.2. The van der Waals surface area contributed by atoms with Crippen molar-refractivity contribution in [3.05, 3.63) is 64.3 Å². The van der Waals surface area contributed by atoms with Crippen LogP contribution in [0.2, 0.25) is 0 Å². The first-order valence-electron chi connectivity index (χ1n) is 10.5. The molecule has 8 nitrogen and oxygen atoms in total. The lowest BCUT2D eigenvalue weighted by atomic mass is 10.1. The number of aliphatic hydroxyl groups excluding tert-OH is 1. The zero-order valence-corrected chi connectivity index (χ0v) is 21.8. The van der Waals surface area contributed by atoms with Gasteiger partial charge in [0.05, 0.1) is 36.1 Å². The van der Waals surface area contributed by atoms with E-state index in [1.54, 1.807) is 42.5 Å². The summed E-state index contributed by atoms with van der Waals surface area (Å²) in [7, 11) is -3.56. The van der Waals surface area contributed by atoms with Crippen molar-refractivity contribution in [2.45, 2.75) is 18.4 Å². The lowest BCUT2D eigenvalue weighted by Crippen LogP contribution is -3.00. The number of morpholine rings is 1. The third kappa shape index (κ3) is 5.73. The molecule has 0 amide bonds. The maximum Gasteiger partial charge on any atom is 0.243 e. The molecule has 182 valence electrons. The minimum Gasteiger partial charge on any atom is -1.00 e. The largest absolute Gasteiger partial charge is 1.00 e. The van der Waals surface area contributed by atoms with Crippen LogP contribution in [0.25, 0.3) is 11.3 Å². The highest BCUT2D eigenvalue weighted by molar-refractivity contribution is 7.89. The van der Waals surface area contributed by atoms with Crippen molar-refractivity contribution >= 4 is 32.8 Å². The molecule has 0 spiro atoms. The van der Waals surface area contributed by atoms with Crippen LogP contribution >= 0.6 is 11.3 Å². The van der Waals surface area contributed by atoms with Crippen LogP contribution in [-0.4, -0.2) is 61.1 Å². The van der Waals surface area contributed by atoms with Crippen molar-refractivity contribution < 1.29 is 40.0 Å². The first kappa shape index (κ1) is 26.5. The fraction of sp³-hybridized carbons (Fsp3) is 0.304. The lowest BCUT2D eigenvalue weighted by molar-refractivity contribution is -0.0000185. The van der Waals surface area contributed by atoms with Gasteiger partial charge in [-0.15, -0.1) is 11.3 Å². The van der Waals surface area contributed by atoms with Crippen molar-refractivity contribution in [2.24, 2.45) is 4.99 Å². The summed E-state index contributed by atoms with van der Waals surface area (Å²) in [6, 6.07) is 13.8. The number of hydrogen-bond acceptors (Lipinski definition) is 7. The number of benzene rings is 2. The average Bonchev–Trinajstić information content (AvgIpc) is 3.22. The van der Waals surface area contributed by atoms with E-state index in [2.05, 4.69) is 4.99 Å². The van der Waals surface area contributed by atoms with E-state index in [1.807, 2.05) is 16.0 Å². The van der Waals surface area contributed by atoms with Gasteiger partial charge in [0, 0.05) is 30.6 Å². The fourth-order valence-corrected chi connectivity index (χ4v) is 5.97. The predicted octanol–water partition coefficient (Wildman–Crippen LogP) is -0.331. The van der Waals surface area contributed by atoms with Crippen LogP contribution in [0.1, 0.15) is 17.3 Å². The van der Waals surface area contributed by atoms with Crippen molar-refractivity contribution in [1.29, 1.82) is 0 Å². The molecule has 34 heavy (non-hydrogen) atoms. The van der Waals surface area contributed by atoms with E-state index in [0.29, 0.717) is 48.9 Å². The number of carbonyl (C=O) groups is 1. The molecule has 1 saturated heterocycles. The summed E-state index contributed by atoms with van der Waals surface area (Å²) in [5.41, 5.74) is 2.87. The Morgan fingerprint density at radius 3 is 2.50 bits per heavy atom. The standard InChI is InChI=1S/C23H25N3O5S2.BrH/c1-17(28)19-3-2-4-20(15-19)24-23-26(9-12-27)22(16-32-23)18-5-7-21(8-6-18)33(29,30)25-10-13-31-14-11-25;/h2-8,15-16,27H,9-14H2,1H3;1H/p-1. The van der Waals surface area contributed by atoms with Gasteiger partial charge in [-0.1, -0.05) is 24.3 Å². The minimum atomic E-state index is -3.56. The molecule has 4 rings (SSSR count). The maximum atomic E-state index is 12.9. The SMILES string of the molecule is CC(=O)c1cccc(N=c2scc(-c3ccc(S(=O)(=O)N4CCOCC4)cc3)n2CCO)c1.[Br-]. The Morgan fingerprint density at radius 2 is 1.85 bits per heavy atom. The summed E-state index contributed by atoms with van der Waals surface area (Å²) < 4.78 is 34.3. The second-order valence-electron chi connectivity index (χ2n) is 7.54. The Hall–Kier alpha value is -2.15. The zero-order chi connectivity index (χ0) is 23.4. The van der Waals surface area contributed by atoms with Gasteiger partial charge in [0.25, 0.3) is 0 Å². The van der Waals surface area contributed by atoms with Gasteiger partial charge in [-0.05, 0) is 36.8 Å². The van der Waals surface area contributed by atoms with Crippen LogP contribution < -0.4 is 21.8 Å². The Labute approximate surface area is 213 Å². The number of carbonyl (C=O) groups excluding carboxylic acids is 1. The van der Waals surface area contributed by atoms with Crippen molar-refractivity contribution in [2.75, 3.05) is 32.9 Å². The van der Waals surface area contributed by atoms with Crippen molar-refractivity contribution in [1.82, 2.24) is 8.87 Å². The van der Waals surface area contributed by atoms with Crippen LogP contribution in [0.5, 0.6) is 0 Å². The molecule has 1 aromatic heterocycles. The third-order valence-corrected chi connectivity index (χ3v) is 8.13. The molecular formula is C23H25BrN3O5S2-. The number of aliphatic hydroxyl groups is 1. The summed E-state index contributed by atoms with van der Waals surface area (Å²) >= 11 is 1.41. The van der Waals surface area contributed by atoms with E-state index in [9.17, 15) is 18.3 Å². The number of sulfonamides is 1. The molecule has 0 bridgehead atoms. The molecular weight excluding hydrogens is 542 g/mol. The molecule has 1 aliphatic heterocycles. The Bertz CT molecular complexity index is 1310. The quantitative estimate of drug-likeness (QED) is 0.395. The average molecular weight is 568 g/mol. The van der Waals surface area contributed by atoms with Gasteiger partial charge in [-0.25, -0.2) is 13.4 Å². The molecule has 2 aromatic carbocycles. The van der Waals surface area contributed by atoms with E-state index in [-0.39, 0.29) is 34.3 Å². The number of rotatable bonds is 7. The Balaban J connectivity index is 0.00000324. The van der Waals surface area contributed by atoms with Crippen LogP contribution in [0.4, 0.5) is 5.69 Å². The van der Waals surface area contributed by atoms with Gasteiger partial charge in [-0.3, -0.25) is 4.79 Å². The summed E-state index contributed by atoms with van der Waals surface area (Å²) in [6.45, 7) is 3.26. The molecule has 1 fully saturated rings. The summed E-state index contributed by atoms with van der Waals surface area (Å²) in [5.74, 6) is -0.0331. The number of ketones is 1. The highest BCUT2D eigenvalue weighted by atomic mass is 79.9. The molecule has 0 saturated carbocycles. The van der Waals surface area contributed by atoms with E-state index in [0.717, 1.165) is 11.3 Å². The molecule has 1 aliphatic rings. The number of Topliss-reactive ketones (excluding diaryl/α,β-unsaturated/α-hetero) is 1. The number of halogens is 1. The predicted molar refractivity (Wildman–Crippen MR) is 126 cm³/mol. The van der Waals surface area contributed by atoms with Gasteiger partial charge in [0.1, 0.15) is 0 Å². The maximum absolute atomic E-state index is 12.9. The number of hydrogen-bond donors (Lipinski definition) is 1. The van der Waals surface area contributed by atoms with Crippen LogP contribution in [0.15, 0.2) is 63.8 Å². The minimum absolute atomic E-state index is 0. The van der Waals surface area contributed by atoms with E-state index in [4.69, 9.17) is 4.74 Å². The first-order valence-corrected chi connectivity index (χ1v) is 12.9. The summed E-state index contributed by atoms with van der Waals surface area (Å²) in [6.07, 6.45) is 0. The van der Waals surface area contributed by atoms with Gasteiger partial charge in [0.2, 0.25) is 10.0 Å². The fourth-order valence-electron chi connectivity index (χ4n) is 3.60. The van der Waals surface area contributed by atoms with Crippen LogP contribution in [0, 0.1) is 0 Å². The van der Waals surface area contributed by atoms with E-state index < -0.39 is 10.0 Å².